The number of carbonyl (C=O) groups excluding carboxylic acids is 1. The summed E-state index contributed by atoms with van der Waals surface area (Å²) >= 11 is 0. The van der Waals surface area contributed by atoms with Crippen LogP contribution in [0.3, 0.4) is 0 Å². The highest BCUT2D eigenvalue weighted by Gasteiger charge is 2.21. The molecule has 24 heavy (non-hydrogen) atoms. The van der Waals surface area contributed by atoms with E-state index in [0.717, 1.165) is 49.7 Å². The molecule has 6 heteroatoms. The summed E-state index contributed by atoms with van der Waals surface area (Å²) in [4.78, 5) is 16.5. The highest BCUT2D eigenvalue weighted by atomic mass is 16.5. The third-order valence-electron chi connectivity index (χ3n) is 4.25. The molecule has 2 amide bonds. The Morgan fingerprint density at radius 2 is 2.00 bits per heavy atom. The van der Waals surface area contributed by atoms with Gasteiger partial charge in [-0.15, -0.1) is 0 Å². The van der Waals surface area contributed by atoms with Crippen molar-refractivity contribution in [2.75, 3.05) is 26.2 Å². The third kappa shape index (κ3) is 4.35. The van der Waals surface area contributed by atoms with E-state index in [1.165, 1.54) is 5.56 Å². The van der Waals surface area contributed by atoms with E-state index >= 15 is 0 Å². The van der Waals surface area contributed by atoms with E-state index < -0.39 is 0 Å². The maximum Gasteiger partial charge on any atom is 0.317 e. The minimum atomic E-state index is 0.00781. The Bertz CT molecular complexity index is 690. The number of carbonyl (C=O) groups is 1. The fourth-order valence-corrected chi connectivity index (χ4v) is 2.94. The van der Waals surface area contributed by atoms with Gasteiger partial charge in [0.1, 0.15) is 5.76 Å². The van der Waals surface area contributed by atoms with E-state index in [1.807, 2.05) is 30.0 Å². The summed E-state index contributed by atoms with van der Waals surface area (Å²) < 4.78 is 5.10. The first-order valence-electron chi connectivity index (χ1n) is 8.33. The number of hydrogen-bond donors (Lipinski definition) is 1. The maximum atomic E-state index is 12.3. The van der Waals surface area contributed by atoms with Crippen molar-refractivity contribution in [1.29, 1.82) is 0 Å². The molecular formula is C18H24N4O2. The van der Waals surface area contributed by atoms with Crippen molar-refractivity contribution in [1.82, 2.24) is 20.3 Å². The third-order valence-corrected chi connectivity index (χ3v) is 4.25. The molecule has 1 saturated heterocycles. The molecule has 0 unspecified atom stereocenters. The molecule has 0 bridgehead atoms. The van der Waals surface area contributed by atoms with Crippen LogP contribution in [0.4, 0.5) is 4.79 Å². The van der Waals surface area contributed by atoms with Crippen LogP contribution in [0.5, 0.6) is 0 Å². The summed E-state index contributed by atoms with van der Waals surface area (Å²) in [7, 11) is 0. The zero-order valence-electron chi connectivity index (χ0n) is 14.3. The average molecular weight is 328 g/mol. The number of piperazine rings is 1. The molecule has 1 aromatic heterocycles. The van der Waals surface area contributed by atoms with Gasteiger partial charge < -0.3 is 14.7 Å². The Morgan fingerprint density at radius 1 is 1.21 bits per heavy atom. The molecule has 1 aliphatic rings. The van der Waals surface area contributed by atoms with Gasteiger partial charge in [0, 0.05) is 45.3 Å². The van der Waals surface area contributed by atoms with E-state index in [2.05, 4.69) is 34.4 Å². The fraction of sp³-hybridized carbons (Fsp3) is 0.444. The quantitative estimate of drug-likeness (QED) is 0.936. The molecule has 3 rings (SSSR count). The van der Waals surface area contributed by atoms with Crippen LogP contribution in [0.15, 0.2) is 34.9 Å². The van der Waals surface area contributed by atoms with E-state index in [0.29, 0.717) is 6.54 Å². The van der Waals surface area contributed by atoms with Gasteiger partial charge in [-0.3, -0.25) is 4.90 Å². The Balaban J connectivity index is 1.43. The Labute approximate surface area is 142 Å². The topological polar surface area (TPSA) is 61.6 Å². The number of aromatic nitrogens is 1. The minimum absolute atomic E-state index is 0.00781. The van der Waals surface area contributed by atoms with Gasteiger partial charge in [-0.1, -0.05) is 35.0 Å². The van der Waals surface area contributed by atoms with Crippen molar-refractivity contribution in [3.63, 3.8) is 0 Å². The second-order valence-electron chi connectivity index (χ2n) is 6.34. The smallest absolute Gasteiger partial charge is 0.317 e. The predicted molar refractivity (Wildman–Crippen MR) is 91.5 cm³/mol. The Kier molecular flexibility index (Phi) is 5.15. The summed E-state index contributed by atoms with van der Waals surface area (Å²) in [5.41, 5.74) is 3.28. The molecular weight excluding hydrogens is 304 g/mol. The lowest BCUT2D eigenvalue weighted by molar-refractivity contribution is 0.133. The summed E-state index contributed by atoms with van der Waals surface area (Å²) in [6.07, 6.45) is 0. The number of nitrogens with zero attached hydrogens (tertiary/aromatic N) is 3. The standard InChI is InChI=1S/C18H24N4O2/c1-14-4-3-5-16(10-14)12-19-18(23)22-8-6-21(7-9-22)13-17-11-15(2)24-20-17/h3-5,10-11H,6-9,12-13H2,1-2H3,(H,19,23). The van der Waals surface area contributed by atoms with Crippen molar-refractivity contribution in [2.45, 2.75) is 26.9 Å². The van der Waals surface area contributed by atoms with Gasteiger partial charge in [-0.05, 0) is 19.4 Å². The van der Waals surface area contributed by atoms with Crippen molar-refractivity contribution in [3.05, 3.63) is 52.9 Å². The second-order valence-corrected chi connectivity index (χ2v) is 6.34. The summed E-state index contributed by atoms with van der Waals surface area (Å²) in [6, 6.07) is 10.2. The fourth-order valence-electron chi connectivity index (χ4n) is 2.94. The van der Waals surface area contributed by atoms with Crippen molar-refractivity contribution < 1.29 is 9.32 Å². The van der Waals surface area contributed by atoms with Crippen LogP contribution in [-0.4, -0.2) is 47.2 Å². The number of rotatable bonds is 4. The van der Waals surface area contributed by atoms with Gasteiger partial charge >= 0.3 is 6.03 Å². The molecule has 0 saturated carbocycles. The maximum absolute atomic E-state index is 12.3. The highest BCUT2D eigenvalue weighted by Crippen LogP contribution is 2.09. The molecule has 1 N–H and O–H groups in total. The summed E-state index contributed by atoms with van der Waals surface area (Å²) in [5, 5.41) is 7.03. The van der Waals surface area contributed by atoms with Crippen molar-refractivity contribution in [3.8, 4) is 0 Å². The van der Waals surface area contributed by atoms with Crippen LogP contribution in [0.1, 0.15) is 22.6 Å². The van der Waals surface area contributed by atoms with E-state index in [4.69, 9.17) is 4.52 Å². The lowest BCUT2D eigenvalue weighted by Gasteiger charge is -2.34. The largest absolute Gasteiger partial charge is 0.361 e. The molecule has 2 heterocycles. The van der Waals surface area contributed by atoms with Crippen molar-refractivity contribution >= 4 is 6.03 Å². The first-order chi connectivity index (χ1) is 11.6. The molecule has 128 valence electrons. The zero-order chi connectivity index (χ0) is 16.9. The van der Waals surface area contributed by atoms with Crippen LogP contribution < -0.4 is 5.32 Å². The highest BCUT2D eigenvalue weighted by molar-refractivity contribution is 5.74. The lowest BCUT2D eigenvalue weighted by atomic mass is 10.1. The number of nitrogens with one attached hydrogen (secondary N) is 1. The lowest BCUT2D eigenvalue weighted by Crippen LogP contribution is -2.51. The molecule has 6 nitrogen and oxygen atoms in total. The van der Waals surface area contributed by atoms with Crippen LogP contribution in [-0.2, 0) is 13.1 Å². The number of urea groups is 1. The molecule has 0 spiro atoms. The van der Waals surface area contributed by atoms with Crippen LogP contribution in [0.25, 0.3) is 0 Å². The molecule has 0 aliphatic carbocycles. The second kappa shape index (κ2) is 7.49. The number of aryl methyl sites for hydroxylation is 2. The van der Waals surface area contributed by atoms with E-state index in [1.54, 1.807) is 0 Å². The van der Waals surface area contributed by atoms with Gasteiger partial charge in [-0.25, -0.2) is 4.79 Å². The molecule has 2 aromatic rings. The Morgan fingerprint density at radius 3 is 2.67 bits per heavy atom. The minimum Gasteiger partial charge on any atom is -0.361 e. The SMILES string of the molecule is Cc1cccc(CNC(=O)N2CCN(Cc3cc(C)on3)CC2)c1. The number of amides is 2. The zero-order valence-corrected chi connectivity index (χ0v) is 14.3. The van der Waals surface area contributed by atoms with E-state index in [9.17, 15) is 4.79 Å². The molecule has 0 radical (unpaired) electrons. The monoisotopic (exact) mass is 328 g/mol. The summed E-state index contributed by atoms with van der Waals surface area (Å²) in [6.45, 7) is 8.46. The molecule has 1 aliphatic heterocycles. The van der Waals surface area contributed by atoms with Crippen molar-refractivity contribution in [2.24, 2.45) is 0 Å². The van der Waals surface area contributed by atoms with Crippen LogP contribution >= 0.6 is 0 Å². The first kappa shape index (κ1) is 16.5. The average Bonchev–Trinajstić information content (AvgIpc) is 2.98. The first-order valence-corrected chi connectivity index (χ1v) is 8.33. The Hall–Kier alpha value is -2.34. The summed E-state index contributed by atoms with van der Waals surface area (Å²) in [5.74, 6) is 0.833. The van der Waals surface area contributed by atoms with Gasteiger partial charge in [0.15, 0.2) is 0 Å². The van der Waals surface area contributed by atoms with Gasteiger partial charge in [-0.2, -0.15) is 0 Å². The van der Waals surface area contributed by atoms with Crippen LogP contribution in [0, 0.1) is 13.8 Å². The molecule has 1 fully saturated rings. The normalized spacial score (nSPS) is 15.5. The number of hydrogen-bond acceptors (Lipinski definition) is 4. The van der Waals surface area contributed by atoms with Gasteiger partial charge in [0.25, 0.3) is 0 Å². The molecule has 1 aromatic carbocycles. The van der Waals surface area contributed by atoms with E-state index in [-0.39, 0.29) is 6.03 Å². The van der Waals surface area contributed by atoms with Gasteiger partial charge in [0.05, 0.1) is 5.69 Å². The van der Waals surface area contributed by atoms with Crippen LogP contribution in [0.2, 0.25) is 0 Å². The number of benzene rings is 1. The molecule has 0 atom stereocenters. The van der Waals surface area contributed by atoms with Gasteiger partial charge in [0.2, 0.25) is 0 Å². The predicted octanol–water partition coefficient (Wildman–Crippen LogP) is 2.32.